The van der Waals surface area contributed by atoms with Crippen molar-refractivity contribution in [2.24, 2.45) is 0 Å². The SMILES string of the molecule is COc1ccc(S(=O)(=O)NCC(c2ccco2)N2CCCCC2)cc1OC. The van der Waals surface area contributed by atoms with Crippen molar-refractivity contribution in [3.05, 3.63) is 42.4 Å². The number of furan rings is 1. The van der Waals surface area contributed by atoms with Crippen LogP contribution in [0.15, 0.2) is 45.9 Å². The summed E-state index contributed by atoms with van der Waals surface area (Å²) in [6.45, 7) is 2.11. The predicted octanol–water partition coefficient (Wildman–Crippen LogP) is 2.80. The van der Waals surface area contributed by atoms with Crippen LogP contribution in [0.2, 0.25) is 0 Å². The highest BCUT2D eigenvalue weighted by molar-refractivity contribution is 7.89. The van der Waals surface area contributed by atoms with Gasteiger partial charge in [-0.2, -0.15) is 0 Å². The van der Waals surface area contributed by atoms with Crippen molar-refractivity contribution in [3.63, 3.8) is 0 Å². The fourth-order valence-corrected chi connectivity index (χ4v) is 4.43. The molecule has 148 valence electrons. The minimum absolute atomic E-state index is 0.129. The highest BCUT2D eigenvalue weighted by Crippen LogP contribution is 2.30. The zero-order chi connectivity index (χ0) is 19.3. The Morgan fingerprint density at radius 1 is 1.11 bits per heavy atom. The molecule has 1 saturated heterocycles. The van der Waals surface area contributed by atoms with Gasteiger partial charge in [0.2, 0.25) is 10.0 Å². The van der Waals surface area contributed by atoms with Crippen LogP contribution in [0.5, 0.6) is 11.5 Å². The number of nitrogens with zero attached hydrogens (tertiary/aromatic N) is 1. The van der Waals surface area contributed by atoms with Gasteiger partial charge in [0.1, 0.15) is 5.76 Å². The summed E-state index contributed by atoms with van der Waals surface area (Å²) in [4.78, 5) is 2.41. The second kappa shape index (κ2) is 8.77. The van der Waals surface area contributed by atoms with Crippen molar-refractivity contribution in [1.82, 2.24) is 9.62 Å². The van der Waals surface area contributed by atoms with E-state index in [1.165, 1.54) is 32.8 Å². The monoisotopic (exact) mass is 394 g/mol. The van der Waals surface area contributed by atoms with E-state index in [9.17, 15) is 8.42 Å². The van der Waals surface area contributed by atoms with Crippen molar-refractivity contribution in [1.29, 1.82) is 0 Å². The Morgan fingerprint density at radius 3 is 2.48 bits per heavy atom. The fraction of sp³-hybridized carbons (Fsp3) is 0.474. The lowest BCUT2D eigenvalue weighted by Crippen LogP contribution is -2.40. The van der Waals surface area contributed by atoms with E-state index in [-0.39, 0.29) is 17.5 Å². The van der Waals surface area contributed by atoms with Gasteiger partial charge in [0.05, 0.1) is 31.4 Å². The Labute approximate surface area is 160 Å². The summed E-state index contributed by atoms with van der Waals surface area (Å²) in [5.74, 6) is 1.63. The normalized spacial score (nSPS) is 16.8. The van der Waals surface area contributed by atoms with Crippen LogP contribution >= 0.6 is 0 Å². The summed E-state index contributed by atoms with van der Waals surface area (Å²) < 4.78 is 44.3. The van der Waals surface area contributed by atoms with E-state index >= 15 is 0 Å². The smallest absolute Gasteiger partial charge is 0.240 e. The summed E-state index contributed by atoms with van der Waals surface area (Å²) >= 11 is 0. The number of sulfonamides is 1. The lowest BCUT2D eigenvalue weighted by atomic mass is 10.1. The first kappa shape index (κ1) is 19.7. The number of benzene rings is 1. The molecule has 0 saturated carbocycles. The number of piperidine rings is 1. The van der Waals surface area contributed by atoms with Crippen LogP contribution in [0.3, 0.4) is 0 Å². The minimum atomic E-state index is -3.70. The zero-order valence-corrected chi connectivity index (χ0v) is 16.5. The molecule has 1 N–H and O–H groups in total. The first-order valence-corrected chi connectivity index (χ1v) is 10.5. The van der Waals surface area contributed by atoms with Gasteiger partial charge < -0.3 is 13.9 Å². The van der Waals surface area contributed by atoms with E-state index in [2.05, 4.69) is 9.62 Å². The number of likely N-dealkylation sites (tertiary alicyclic amines) is 1. The maximum absolute atomic E-state index is 12.8. The van der Waals surface area contributed by atoms with E-state index in [0.717, 1.165) is 31.7 Å². The third-order valence-electron chi connectivity index (χ3n) is 4.84. The maximum atomic E-state index is 12.8. The first-order valence-electron chi connectivity index (χ1n) is 9.04. The van der Waals surface area contributed by atoms with Gasteiger partial charge in [0.25, 0.3) is 0 Å². The molecule has 8 heteroatoms. The Hall–Kier alpha value is -2.03. The van der Waals surface area contributed by atoms with E-state index in [1.54, 1.807) is 12.3 Å². The Kier molecular flexibility index (Phi) is 6.41. The molecule has 27 heavy (non-hydrogen) atoms. The molecule has 0 amide bonds. The summed E-state index contributed by atoms with van der Waals surface area (Å²) in [5.41, 5.74) is 0. The molecule has 1 fully saturated rings. The molecule has 0 bridgehead atoms. The van der Waals surface area contributed by atoms with Gasteiger partial charge in [-0.25, -0.2) is 13.1 Å². The highest BCUT2D eigenvalue weighted by atomic mass is 32.2. The molecule has 1 aromatic heterocycles. The number of hydrogen-bond acceptors (Lipinski definition) is 6. The molecule has 2 aromatic rings. The van der Waals surface area contributed by atoms with Gasteiger partial charge in [-0.15, -0.1) is 0 Å². The van der Waals surface area contributed by atoms with Gasteiger partial charge in [-0.3, -0.25) is 4.90 Å². The fourth-order valence-electron chi connectivity index (χ4n) is 3.38. The summed E-state index contributed by atoms with van der Waals surface area (Å²) in [6, 6.07) is 8.15. The average molecular weight is 394 g/mol. The third kappa shape index (κ3) is 4.63. The third-order valence-corrected chi connectivity index (χ3v) is 6.26. The lowest BCUT2D eigenvalue weighted by Gasteiger charge is -2.33. The summed E-state index contributed by atoms with van der Waals surface area (Å²) in [6.07, 6.45) is 5.05. The van der Waals surface area contributed by atoms with Crippen LogP contribution in [0, 0.1) is 0 Å². The van der Waals surface area contributed by atoms with Gasteiger partial charge in [0.15, 0.2) is 11.5 Å². The number of hydrogen-bond donors (Lipinski definition) is 1. The van der Waals surface area contributed by atoms with Gasteiger partial charge in [0, 0.05) is 12.6 Å². The Morgan fingerprint density at radius 2 is 1.85 bits per heavy atom. The van der Waals surface area contributed by atoms with Crippen molar-refractivity contribution >= 4 is 10.0 Å². The molecule has 1 aliphatic rings. The summed E-state index contributed by atoms with van der Waals surface area (Å²) in [5, 5.41) is 0. The maximum Gasteiger partial charge on any atom is 0.240 e. The van der Waals surface area contributed by atoms with Crippen LogP contribution in [0.1, 0.15) is 31.1 Å². The van der Waals surface area contributed by atoms with Crippen molar-refractivity contribution in [2.75, 3.05) is 33.9 Å². The van der Waals surface area contributed by atoms with Crippen LogP contribution in [0.4, 0.5) is 0 Å². The largest absolute Gasteiger partial charge is 0.493 e. The van der Waals surface area contributed by atoms with E-state index in [4.69, 9.17) is 13.9 Å². The standard InChI is InChI=1S/C19H26N2O5S/c1-24-18-9-8-15(13-19(18)25-2)27(22,23)20-14-16(17-7-6-12-26-17)21-10-4-3-5-11-21/h6-9,12-13,16,20H,3-5,10-11,14H2,1-2H3. The van der Waals surface area contributed by atoms with E-state index in [0.29, 0.717) is 11.5 Å². The minimum Gasteiger partial charge on any atom is -0.493 e. The topological polar surface area (TPSA) is 81.0 Å². The highest BCUT2D eigenvalue weighted by Gasteiger charge is 2.27. The average Bonchev–Trinajstić information content (AvgIpc) is 3.22. The molecule has 2 heterocycles. The van der Waals surface area contributed by atoms with E-state index in [1.807, 2.05) is 12.1 Å². The molecule has 1 atom stereocenters. The van der Waals surface area contributed by atoms with Crippen LogP contribution in [-0.2, 0) is 10.0 Å². The Bertz CT molecular complexity index is 830. The molecule has 3 rings (SSSR count). The quantitative estimate of drug-likeness (QED) is 0.742. The van der Waals surface area contributed by atoms with Crippen molar-refractivity contribution in [3.8, 4) is 11.5 Å². The van der Waals surface area contributed by atoms with Crippen LogP contribution in [-0.4, -0.2) is 47.2 Å². The molecule has 1 unspecified atom stereocenters. The molecule has 0 radical (unpaired) electrons. The second-order valence-corrected chi connectivity index (χ2v) is 8.26. The first-order chi connectivity index (χ1) is 13.0. The van der Waals surface area contributed by atoms with Crippen molar-refractivity contribution < 1.29 is 22.3 Å². The van der Waals surface area contributed by atoms with E-state index < -0.39 is 10.0 Å². The number of nitrogens with one attached hydrogen (secondary N) is 1. The molecular weight excluding hydrogens is 368 g/mol. The van der Waals surface area contributed by atoms with Gasteiger partial charge >= 0.3 is 0 Å². The van der Waals surface area contributed by atoms with Crippen LogP contribution < -0.4 is 14.2 Å². The molecule has 1 aromatic carbocycles. The van der Waals surface area contributed by atoms with Crippen molar-refractivity contribution in [2.45, 2.75) is 30.2 Å². The molecule has 7 nitrogen and oxygen atoms in total. The number of rotatable bonds is 8. The number of ether oxygens (including phenoxy) is 2. The van der Waals surface area contributed by atoms with Gasteiger partial charge in [-0.1, -0.05) is 6.42 Å². The summed E-state index contributed by atoms with van der Waals surface area (Å²) in [7, 11) is -0.709. The Balaban J connectivity index is 1.77. The molecule has 1 aliphatic heterocycles. The molecule has 0 spiro atoms. The second-order valence-electron chi connectivity index (χ2n) is 6.50. The number of methoxy groups -OCH3 is 2. The van der Waals surface area contributed by atoms with Gasteiger partial charge in [-0.05, 0) is 50.2 Å². The molecule has 0 aliphatic carbocycles. The lowest BCUT2D eigenvalue weighted by molar-refractivity contribution is 0.147. The zero-order valence-electron chi connectivity index (χ0n) is 15.7. The van der Waals surface area contributed by atoms with Crippen LogP contribution in [0.25, 0.3) is 0 Å². The molecular formula is C19H26N2O5S. The predicted molar refractivity (Wildman–Crippen MR) is 102 cm³/mol.